The smallest absolute Gasteiger partial charge is 0.120 e. The molecule has 2 aromatic rings. The lowest BCUT2D eigenvalue weighted by Gasteiger charge is -2.18. The Morgan fingerprint density at radius 2 is 1.89 bits per heavy atom. The Hall–Kier alpha value is -1.000. The highest BCUT2D eigenvalue weighted by molar-refractivity contribution is 9.11. The molecule has 0 radical (unpaired) electrons. The normalized spacial score (nSPS) is 12.0. The average Bonchev–Trinajstić information content (AvgIpc) is 2.38. The number of rotatable bonds is 4. The molecule has 0 aliphatic heterocycles. The molecule has 2 rings (SSSR count). The lowest BCUT2D eigenvalue weighted by Crippen LogP contribution is -2.07. The van der Waals surface area contributed by atoms with E-state index < -0.39 is 0 Å². The Bertz CT molecular complexity index is 572. The highest BCUT2D eigenvalue weighted by atomic mass is 79.9. The highest BCUT2D eigenvalue weighted by Crippen LogP contribution is 2.29. The van der Waals surface area contributed by atoms with Crippen molar-refractivity contribution in [3.63, 3.8) is 0 Å². The minimum atomic E-state index is 0.203. The first kappa shape index (κ1) is 14.4. The van der Waals surface area contributed by atoms with Crippen LogP contribution in [0.4, 0.5) is 5.69 Å². The van der Waals surface area contributed by atoms with Crippen molar-refractivity contribution in [1.29, 1.82) is 0 Å². The maximum absolute atomic E-state index is 5.23. The lowest BCUT2D eigenvalue weighted by atomic mass is 10.1. The zero-order valence-electron chi connectivity index (χ0n) is 10.8. The van der Waals surface area contributed by atoms with E-state index in [0.717, 1.165) is 20.4 Å². The summed E-state index contributed by atoms with van der Waals surface area (Å²) in [6.45, 7) is 2.13. The third-order valence-electron chi connectivity index (χ3n) is 2.88. The van der Waals surface area contributed by atoms with E-state index in [1.807, 2.05) is 30.3 Å². The van der Waals surface area contributed by atoms with Gasteiger partial charge in [0.25, 0.3) is 0 Å². The quantitative estimate of drug-likeness (QED) is 0.762. The standard InChI is InChI=1S/C15H15Br2NO/c1-10(14-7-6-11(16)8-15(14)17)18-12-4-3-5-13(9-12)19-2/h3-10,18H,1-2H3. The monoisotopic (exact) mass is 383 g/mol. The summed E-state index contributed by atoms with van der Waals surface area (Å²) in [6.07, 6.45) is 0. The zero-order chi connectivity index (χ0) is 13.8. The third kappa shape index (κ3) is 3.74. The van der Waals surface area contributed by atoms with Crippen LogP contribution in [0.2, 0.25) is 0 Å². The molecule has 0 spiro atoms. The van der Waals surface area contributed by atoms with Gasteiger partial charge < -0.3 is 10.1 Å². The molecule has 2 aromatic carbocycles. The van der Waals surface area contributed by atoms with E-state index in [1.54, 1.807) is 7.11 Å². The van der Waals surface area contributed by atoms with Gasteiger partial charge in [-0.1, -0.05) is 44.0 Å². The third-order valence-corrected chi connectivity index (χ3v) is 4.06. The van der Waals surface area contributed by atoms with E-state index >= 15 is 0 Å². The maximum atomic E-state index is 5.23. The van der Waals surface area contributed by atoms with Crippen LogP contribution in [0.1, 0.15) is 18.5 Å². The highest BCUT2D eigenvalue weighted by Gasteiger charge is 2.09. The maximum Gasteiger partial charge on any atom is 0.120 e. The fourth-order valence-electron chi connectivity index (χ4n) is 1.89. The molecule has 100 valence electrons. The Labute approximate surface area is 130 Å². The second-order valence-electron chi connectivity index (χ2n) is 4.26. The Balaban J connectivity index is 2.17. The predicted octanol–water partition coefficient (Wildman–Crippen LogP) is 5.39. The van der Waals surface area contributed by atoms with E-state index in [9.17, 15) is 0 Å². The van der Waals surface area contributed by atoms with E-state index in [0.29, 0.717) is 0 Å². The number of methoxy groups -OCH3 is 1. The minimum absolute atomic E-state index is 0.203. The summed E-state index contributed by atoms with van der Waals surface area (Å²) in [7, 11) is 1.67. The first-order chi connectivity index (χ1) is 9.10. The Morgan fingerprint density at radius 3 is 2.58 bits per heavy atom. The van der Waals surface area contributed by atoms with Crippen LogP contribution in [0.5, 0.6) is 5.75 Å². The van der Waals surface area contributed by atoms with Crippen molar-refractivity contribution >= 4 is 37.5 Å². The van der Waals surface area contributed by atoms with Gasteiger partial charge in [0.2, 0.25) is 0 Å². The van der Waals surface area contributed by atoms with Gasteiger partial charge in [-0.2, -0.15) is 0 Å². The van der Waals surface area contributed by atoms with Gasteiger partial charge in [0.1, 0.15) is 5.75 Å². The molecule has 0 fully saturated rings. The zero-order valence-corrected chi connectivity index (χ0v) is 14.0. The summed E-state index contributed by atoms with van der Waals surface area (Å²) < 4.78 is 7.38. The molecule has 0 aliphatic carbocycles. The topological polar surface area (TPSA) is 21.3 Å². The first-order valence-electron chi connectivity index (χ1n) is 5.95. The van der Waals surface area contributed by atoms with E-state index in [1.165, 1.54) is 5.56 Å². The first-order valence-corrected chi connectivity index (χ1v) is 7.54. The second kappa shape index (κ2) is 6.44. The second-order valence-corrected chi connectivity index (χ2v) is 6.03. The summed E-state index contributed by atoms with van der Waals surface area (Å²) in [5.41, 5.74) is 2.26. The minimum Gasteiger partial charge on any atom is -0.497 e. The van der Waals surface area contributed by atoms with Gasteiger partial charge in [-0.25, -0.2) is 0 Å². The summed E-state index contributed by atoms with van der Waals surface area (Å²) >= 11 is 7.06. The molecule has 0 saturated carbocycles. The van der Waals surface area contributed by atoms with Crippen LogP contribution < -0.4 is 10.1 Å². The van der Waals surface area contributed by atoms with Crippen molar-refractivity contribution in [1.82, 2.24) is 0 Å². The van der Waals surface area contributed by atoms with Crippen molar-refractivity contribution in [2.24, 2.45) is 0 Å². The summed E-state index contributed by atoms with van der Waals surface area (Å²) in [4.78, 5) is 0. The van der Waals surface area contributed by atoms with Crippen molar-refractivity contribution in [2.75, 3.05) is 12.4 Å². The molecule has 0 aromatic heterocycles. The van der Waals surface area contributed by atoms with E-state index in [-0.39, 0.29) is 6.04 Å². The Morgan fingerprint density at radius 1 is 1.11 bits per heavy atom. The van der Waals surface area contributed by atoms with Crippen LogP contribution in [0.3, 0.4) is 0 Å². The van der Waals surface area contributed by atoms with Crippen LogP contribution >= 0.6 is 31.9 Å². The molecule has 0 amide bonds. The number of hydrogen-bond donors (Lipinski definition) is 1. The van der Waals surface area contributed by atoms with Gasteiger partial charge in [0, 0.05) is 26.7 Å². The van der Waals surface area contributed by atoms with E-state index in [2.05, 4.69) is 56.2 Å². The average molecular weight is 385 g/mol. The van der Waals surface area contributed by atoms with Crippen LogP contribution in [0, 0.1) is 0 Å². The summed E-state index contributed by atoms with van der Waals surface area (Å²) in [5.74, 6) is 0.854. The van der Waals surface area contributed by atoms with Gasteiger partial charge in [0.15, 0.2) is 0 Å². The van der Waals surface area contributed by atoms with Crippen LogP contribution in [0.25, 0.3) is 0 Å². The molecule has 1 atom stereocenters. The largest absolute Gasteiger partial charge is 0.497 e. The SMILES string of the molecule is COc1cccc(NC(C)c2ccc(Br)cc2Br)c1. The molecular weight excluding hydrogens is 370 g/mol. The van der Waals surface area contributed by atoms with Crippen LogP contribution in [-0.2, 0) is 0 Å². The summed E-state index contributed by atoms with van der Waals surface area (Å²) in [5, 5.41) is 3.47. The van der Waals surface area contributed by atoms with Crippen molar-refractivity contribution in [2.45, 2.75) is 13.0 Å². The molecule has 4 heteroatoms. The van der Waals surface area contributed by atoms with Crippen LogP contribution in [-0.4, -0.2) is 7.11 Å². The molecule has 0 heterocycles. The molecule has 0 saturated heterocycles. The molecule has 1 N–H and O–H groups in total. The summed E-state index contributed by atoms with van der Waals surface area (Å²) in [6, 6.07) is 14.3. The number of hydrogen-bond acceptors (Lipinski definition) is 2. The fraction of sp³-hybridized carbons (Fsp3) is 0.200. The molecular formula is C15H15Br2NO. The van der Waals surface area contributed by atoms with Gasteiger partial charge in [-0.05, 0) is 36.8 Å². The molecule has 1 unspecified atom stereocenters. The molecule has 0 bridgehead atoms. The molecule has 0 aliphatic rings. The van der Waals surface area contributed by atoms with Crippen molar-refractivity contribution in [3.05, 3.63) is 57.0 Å². The van der Waals surface area contributed by atoms with Gasteiger partial charge in [-0.15, -0.1) is 0 Å². The van der Waals surface area contributed by atoms with Crippen molar-refractivity contribution < 1.29 is 4.74 Å². The lowest BCUT2D eigenvalue weighted by molar-refractivity contribution is 0.415. The number of nitrogens with one attached hydrogen (secondary N) is 1. The predicted molar refractivity (Wildman–Crippen MR) is 86.9 cm³/mol. The fourth-order valence-corrected chi connectivity index (χ4v) is 3.28. The van der Waals surface area contributed by atoms with Gasteiger partial charge in [0.05, 0.1) is 7.11 Å². The number of ether oxygens (including phenoxy) is 1. The molecule has 2 nitrogen and oxygen atoms in total. The van der Waals surface area contributed by atoms with E-state index in [4.69, 9.17) is 4.74 Å². The van der Waals surface area contributed by atoms with Crippen molar-refractivity contribution in [3.8, 4) is 5.75 Å². The number of benzene rings is 2. The Kier molecular flexibility index (Phi) is 4.88. The number of halogens is 2. The van der Waals surface area contributed by atoms with Crippen LogP contribution in [0.15, 0.2) is 51.4 Å². The molecule has 19 heavy (non-hydrogen) atoms. The van der Waals surface area contributed by atoms with Gasteiger partial charge >= 0.3 is 0 Å². The number of anilines is 1. The van der Waals surface area contributed by atoms with Gasteiger partial charge in [-0.3, -0.25) is 0 Å².